The molecule has 0 aromatic rings. The molecule has 12 heavy (non-hydrogen) atoms. The molecule has 0 bridgehead atoms. The van der Waals surface area contributed by atoms with E-state index in [0.717, 1.165) is 19.6 Å². The SMILES string of the molecule is CN1CCNCC1C(C)(C)CO. The number of rotatable bonds is 2. The minimum atomic E-state index is 0.00215. The smallest absolute Gasteiger partial charge is 0.0497 e. The Hall–Kier alpha value is -0.120. The molecule has 1 heterocycles. The van der Waals surface area contributed by atoms with E-state index in [2.05, 4.69) is 31.1 Å². The summed E-state index contributed by atoms with van der Waals surface area (Å²) in [7, 11) is 2.13. The monoisotopic (exact) mass is 172 g/mol. The molecule has 2 N–H and O–H groups in total. The lowest BCUT2D eigenvalue weighted by molar-refractivity contribution is 0.0390. The number of hydrogen-bond donors (Lipinski definition) is 2. The fraction of sp³-hybridized carbons (Fsp3) is 1.00. The molecular weight excluding hydrogens is 152 g/mol. The van der Waals surface area contributed by atoms with Gasteiger partial charge in [0.1, 0.15) is 0 Å². The Balaban J connectivity index is 2.58. The first-order valence-electron chi connectivity index (χ1n) is 4.60. The molecule has 0 aliphatic carbocycles. The van der Waals surface area contributed by atoms with E-state index in [9.17, 15) is 5.11 Å². The second kappa shape index (κ2) is 3.73. The number of nitrogens with zero attached hydrogens (tertiary/aromatic N) is 1. The maximum absolute atomic E-state index is 9.21. The molecule has 3 heteroatoms. The maximum Gasteiger partial charge on any atom is 0.0497 e. The predicted octanol–water partition coefficient (Wildman–Crippen LogP) is -0.0915. The summed E-state index contributed by atoms with van der Waals surface area (Å²) < 4.78 is 0. The number of likely N-dealkylation sites (N-methyl/N-ethyl adjacent to an activating group) is 1. The zero-order valence-corrected chi connectivity index (χ0v) is 8.30. The molecular formula is C9H20N2O. The van der Waals surface area contributed by atoms with Gasteiger partial charge in [-0.3, -0.25) is 0 Å². The first-order valence-corrected chi connectivity index (χ1v) is 4.60. The topological polar surface area (TPSA) is 35.5 Å². The lowest BCUT2D eigenvalue weighted by Crippen LogP contribution is -2.56. The summed E-state index contributed by atoms with van der Waals surface area (Å²) in [4.78, 5) is 2.33. The maximum atomic E-state index is 9.21. The van der Waals surface area contributed by atoms with Crippen LogP contribution in [0.25, 0.3) is 0 Å². The summed E-state index contributed by atoms with van der Waals surface area (Å²) in [6, 6.07) is 0.455. The molecule has 1 fully saturated rings. The van der Waals surface area contributed by atoms with Gasteiger partial charge in [0.05, 0.1) is 0 Å². The van der Waals surface area contributed by atoms with Crippen molar-refractivity contribution < 1.29 is 5.11 Å². The molecule has 0 aromatic heterocycles. The molecule has 1 unspecified atom stereocenters. The average Bonchev–Trinajstić information content (AvgIpc) is 2.05. The van der Waals surface area contributed by atoms with Crippen LogP contribution in [-0.4, -0.2) is 49.3 Å². The van der Waals surface area contributed by atoms with Gasteiger partial charge < -0.3 is 15.3 Å². The highest BCUT2D eigenvalue weighted by molar-refractivity contribution is 4.89. The standard InChI is InChI=1S/C9H20N2O/c1-9(2,7-12)8-6-10-4-5-11(8)3/h8,10,12H,4-7H2,1-3H3. The molecule has 1 aliphatic rings. The molecule has 1 aliphatic heterocycles. The van der Waals surface area contributed by atoms with E-state index in [1.165, 1.54) is 0 Å². The molecule has 0 amide bonds. The van der Waals surface area contributed by atoms with Gasteiger partial charge in [-0.05, 0) is 7.05 Å². The highest BCUT2D eigenvalue weighted by Gasteiger charge is 2.33. The van der Waals surface area contributed by atoms with Crippen molar-refractivity contribution >= 4 is 0 Å². The van der Waals surface area contributed by atoms with Gasteiger partial charge in [-0.2, -0.15) is 0 Å². The van der Waals surface area contributed by atoms with Crippen LogP contribution in [0.5, 0.6) is 0 Å². The molecule has 1 rings (SSSR count). The van der Waals surface area contributed by atoms with E-state index >= 15 is 0 Å². The summed E-state index contributed by atoms with van der Waals surface area (Å²) in [5.41, 5.74) is 0.00215. The minimum absolute atomic E-state index is 0.00215. The Bertz CT molecular complexity index is 147. The zero-order chi connectivity index (χ0) is 9.19. The summed E-state index contributed by atoms with van der Waals surface area (Å²) in [6.45, 7) is 7.61. The minimum Gasteiger partial charge on any atom is -0.396 e. The van der Waals surface area contributed by atoms with Gasteiger partial charge >= 0.3 is 0 Å². The van der Waals surface area contributed by atoms with Crippen LogP contribution in [0.4, 0.5) is 0 Å². The van der Waals surface area contributed by atoms with Crippen LogP contribution in [-0.2, 0) is 0 Å². The van der Waals surface area contributed by atoms with Crippen LogP contribution in [0.15, 0.2) is 0 Å². The Labute approximate surface area is 74.8 Å². The Morgan fingerprint density at radius 1 is 1.58 bits per heavy atom. The molecule has 0 spiro atoms. The van der Waals surface area contributed by atoms with Crippen molar-refractivity contribution in [2.45, 2.75) is 19.9 Å². The van der Waals surface area contributed by atoms with Crippen molar-refractivity contribution in [2.75, 3.05) is 33.3 Å². The van der Waals surface area contributed by atoms with Gasteiger partial charge in [-0.15, -0.1) is 0 Å². The van der Waals surface area contributed by atoms with Crippen molar-refractivity contribution in [1.29, 1.82) is 0 Å². The molecule has 1 atom stereocenters. The van der Waals surface area contributed by atoms with Crippen LogP contribution in [0.3, 0.4) is 0 Å². The van der Waals surface area contributed by atoms with E-state index < -0.39 is 0 Å². The van der Waals surface area contributed by atoms with Crippen LogP contribution in [0, 0.1) is 5.41 Å². The molecule has 0 radical (unpaired) electrons. The predicted molar refractivity (Wildman–Crippen MR) is 50.2 cm³/mol. The van der Waals surface area contributed by atoms with E-state index in [0.29, 0.717) is 6.04 Å². The lowest BCUT2D eigenvalue weighted by atomic mass is 9.83. The quantitative estimate of drug-likeness (QED) is 0.611. The number of nitrogens with one attached hydrogen (secondary N) is 1. The third-order valence-corrected chi connectivity index (χ3v) is 2.82. The van der Waals surface area contributed by atoms with Crippen molar-refractivity contribution in [3.8, 4) is 0 Å². The molecule has 1 saturated heterocycles. The molecule has 0 saturated carbocycles. The van der Waals surface area contributed by atoms with Crippen LogP contribution in [0.1, 0.15) is 13.8 Å². The first kappa shape index (κ1) is 9.96. The fourth-order valence-electron chi connectivity index (χ4n) is 1.78. The summed E-state index contributed by atoms with van der Waals surface area (Å²) in [5, 5.41) is 12.6. The number of aliphatic hydroxyl groups is 1. The highest BCUT2D eigenvalue weighted by atomic mass is 16.3. The van der Waals surface area contributed by atoms with Gasteiger partial charge in [0, 0.05) is 37.7 Å². The van der Waals surface area contributed by atoms with Crippen molar-refractivity contribution in [1.82, 2.24) is 10.2 Å². The van der Waals surface area contributed by atoms with Crippen molar-refractivity contribution in [2.24, 2.45) is 5.41 Å². The molecule has 3 nitrogen and oxygen atoms in total. The summed E-state index contributed by atoms with van der Waals surface area (Å²) in [5.74, 6) is 0. The first-order chi connectivity index (χ1) is 5.58. The van der Waals surface area contributed by atoms with E-state index in [-0.39, 0.29) is 12.0 Å². The van der Waals surface area contributed by atoms with Gasteiger partial charge in [-0.25, -0.2) is 0 Å². The van der Waals surface area contributed by atoms with E-state index in [1.54, 1.807) is 0 Å². The van der Waals surface area contributed by atoms with Crippen LogP contribution < -0.4 is 5.32 Å². The Morgan fingerprint density at radius 3 is 2.75 bits per heavy atom. The average molecular weight is 172 g/mol. The van der Waals surface area contributed by atoms with Crippen molar-refractivity contribution in [3.05, 3.63) is 0 Å². The third kappa shape index (κ3) is 1.97. The van der Waals surface area contributed by atoms with Gasteiger partial charge in [0.25, 0.3) is 0 Å². The Kier molecular flexibility index (Phi) is 3.09. The normalized spacial score (nSPS) is 27.5. The highest BCUT2D eigenvalue weighted by Crippen LogP contribution is 2.24. The zero-order valence-electron chi connectivity index (χ0n) is 8.30. The number of hydrogen-bond acceptors (Lipinski definition) is 3. The second-order valence-corrected chi connectivity index (χ2v) is 4.35. The third-order valence-electron chi connectivity index (χ3n) is 2.82. The van der Waals surface area contributed by atoms with Gasteiger partial charge in [0.15, 0.2) is 0 Å². The van der Waals surface area contributed by atoms with E-state index in [4.69, 9.17) is 0 Å². The fourth-order valence-corrected chi connectivity index (χ4v) is 1.78. The van der Waals surface area contributed by atoms with Gasteiger partial charge in [0.2, 0.25) is 0 Å². The van der Waals surface area contributed by atoms with Crippen molar-refractivity contribution in [3.63, 3.8) is 0 Å². The number of piperazine rings is 1. The summed E-state index contributed by atoms with van der Waals surface area (Å²) >= 11 is 0. The van der Waals surface area contributed by atoms with Crippen LogP contribution in [0.2, 0.25) is 0 Å². The number of aliphatic hydroxyl groups excluding tert-OH is 1. The van der Waals surface area contributed by atoms with Gasteiger partial charge in [-0.1, -0.05) is 13.8 Å². The lowest BCUT2D eigenvalue weighted by Gasteiger charge is -2.42. The van der Waals surface area contributed by atoms with E-state index in [1.807, 2.05) is 0 Å². The van der Waals surface area contributed by atoms with Crippen LogP contribution >= 0.6 is 0 Å². The largest absolute Gasteiger partial charge is 0.396 e. The second-order valence-electron chi connectivity index (χ2n) is 4.35. The Morgan fingerprint density at radius 2 is 2.25 bits per heavy atom. The molecule has 72 valence electrons. The summed E-state index contributed by atoms with van der Waals surface area (Å²) in [6.07, 6.45) is 0. The molecule has 0 aromatic carbocycles.